The number of amides is 1. The molecule has 1 aromatic heterocycles. The number of thiophene rings is 1. The lowest BCUT2D eigenvalue weighted by molar-refractivity contribution is -0.380. The van der Waals surface area contributed by atoms with Crippen LogP contribution >= 0.6 is 11.3 Å². The van der Waals surface area contributed by atoms with E-state index in [4.69, 9.17) is 5.11 Å². The minimum Gasteiger partial charge on any atom is -0.478 e. The molecule has 1 aromatic carbocycles. The summed E-state index contributed by atoms with van der Waals surface area (Å²) in [6.07, 6.45) is 0. The number of nitrogens with one attached hydrogen (secondary N) is 1. The number of nitro groups is 1. The summed E-state index contributed by atoms with van der Waals surface area (Å²) in [5.41, 5.74) is -0.398. The Morgan fingerprint density at radius 1 is 1.33 bits per heavy atom. The van der Waals surface area contributed by atoms with Crippen LogP contribution in [0.5, 0.6) is 0 Å². The first-order chi connectivity index (χ1) is 9.88. The van der Waals surface area contributed by atoms with Gasteiger partial charge in [0.25, 0.3) is 5.91 Å². The van der Waals surface area contributed by atoms with E-state index >= 15 is 0 Å². The van der Waals surface area contributed by atoms with E-state index in [1.54, 1.807) is 0 Å². The van der Waals surface area contributed by atoms with Crippen LogP contribution in [-0.2, 0) is 0 Å². The number of hydrogen-bond acceptors (Lipinski definition) is 5. The zero-order chi connectivity index (χ0) is 15.6. The van der Waals surface area contributed by atoms with Crippen LogP contribution < -0.4 is 5.32 Å². The second kappa shape index (κ2) is 5.67. The Bertz CT molecular complexity index is 743. The molecule has 0 saturated heterocycles. The molecule has 108 valence electrons. The Hall–Kier alpha value is -2.81. The Balaban J connectivity index is 2.17. The summed E-state index contributed by atoms with van der Waals surface area (Å²) in [7, 11) is 0. The van der Waals surface area contributed by atoms with E-state index in [2.05, 4.69) is 5.32 Å². The van der Waals surface area contributed by atoms with Gasteiger partial charge in [-0.3, -0.25) is 14.9 Å². The third kappa shape index (κ3) is 3.20. The molecule has 21 heavy (non-hydrogen) atoms. The van der Waals surface area contributed by atoms with E-state index in [0.717, 1.165) is 29.5 Å². The molecule has 0 atom stereocenters. The third-order valence-corrected chi connectivity index (χ3v) is 3.37. The normalized spacial score (nSPS) is 10.1. The maximum Gasteiger partial charge on any atom is 0.338 e. The van der Waals surface area contributed by atoms with Gasteiger partial charge < -0.3 is 10.4 Å². The number of anilines is 1. The number of halogens is 1. The maximum absolute atomic E-state index is 13.4. The molecule has 2 rings (SSSR count). The minimum atomic E-state index is -1.42. The van der Waals surface area contributed by atoms with Crippen LogP contribution in [0.2, 0.25) is 0 Å². The Labute approximate surface area is 120 Å². The lowest BCUT2D eigenvalue weighted by Crippen LogP contribution is -2.11. The summed E-state index contributed by atoms with van der Waals surface area (Å²) in [5.74, 6) is -3.06. The molecule has 0 aliphatic heterocycles. The van der Waals surface area contributed by atoms with Crippen molar-refractivity contribution in [3.05, 3.63) is 56.7 Å². The fourth-order valence-corrected chi connectivity index (χ4v) is 2.21. The largest absolute Gasteiger partial charge is 0.478 e. The Morgan fingerprint density at radius 3 is 2.57 bits per heavy atom. The highest BCUT2D eigenvalue weighted by Crippen LogP contribution is 2.23. The highest BCUT2D eigenvalue weighted by atomic mass is 32.1. The summed E-state index contributed by atoms with van der Waals surface area (Å²) < 4.78 is 13.4. The minimum absolute atomic E-state index is 0.0522. The first-order valence-electron chi connectivity index (χ1n) is 5.45. The number of rotatable bonds is 4. The quantitative estimate of drug-likeness (QED) is 0.666. The van der Waals surface area contributed by atoms with Crippen LogP contribution in [0.4, 0.5) is 15.1 Å². The van der Waals surface area contributed by atoms with Crippen LogP contribution in [0, 0.1) is 15.9 Å². The number of benzene rings is 1. The van der Waals surface area contributed by atoms with E-state index in [1.165, 1.54) is 11.4 Å². The van der Waals surface area contributed by atoms with Crippen molar-refractivity contribution < 1.29 is 24.0 Å². The first-order valence-corrected chi connectivity index (χ1v) is 6.33. The molecular formula is C12H7FN2O5S. The van der Waals surface area contributed by atoms with Gasteiger partial charge in [-0.25, -0.2) is 9.18 Å². The van der Waals surface area contributed by atoms with Crippen LogP contribution in [0.3, 0.4) is 0 Å². The lowest BCUT2D eigenvalue weighted by atomic mass is 10.2. The smallest absolute Gasteiger partial charge is 0.338 e. The van der Waals surface area contributed by atoms with E-state index in [0.29, 0.717) is 0 Å². The van der Waals surface area contributed by atoms with E-state index in [9.17, 15) is 24.1 Å². The van der Waals surface area contributed by atoms with Crippen molar-refractivity contribution in [3.8, 4) is 0 Å². The molecule has 0 unspecified atom stereocenters. The fraction of sp³-hybridized carbons (Fsp3) is 0. The summed E-state index contributed by atoms with van der Waals surface area (Å²) in [5, 5.41) is 22.6. The van der Waals surface area contributed by atoms with E-state index < -0.39 is 28.2 Å². The Kier molecular flexibility index (Phi) is 3.94. The summed E-state index contributed by atoms with van der Waals surface area (Å²) in [6.45, 7) is 0. The molecule has 0 fully saturated rings. The van der Waals surface area contributed by atoms with Crippen LogP contribution in [0.1, 0.15) is 20.7 Å². The molecular weight excluding hydrogens is 303 g/mol. The highest BCUT2D eigenvalue weighted by molar-refractivity contribution is 7.13. The third-order valence-electron chi connectivity index (χ3n) is 2.49. The molecule has 7 nitrogen and oxygen atoms in total. The van der Waals surface area contributed by atoms with Crippen molar-refractivity contribution in [1.29, 1.82) is 0 Å². The van der Waals surface area contributed by atoms with Gasteiger partial charge in [0.2, 0.25) is 0 Å². The van der Waals surface area contributed by atoms with Crippen molar-refractivity contribution >= 4 is 33.9 Å². The molecule has 0 aliphatic rings. The number of aromatic carboxylic acids is 1. The predicted molar refractivity (Wildman–Crippen MR) is 72.3 cm³/mol. The Morgan fingerprint density at radius 2 is 2.05 bits per heavy atom. The SMILES string of the molecule is O=C(Nc1ccc(C(=O)O)c(F)c1)c1csc([N+](=O)[O-])c1. The van der Waals surface area contributed by atoms with Crippen molar-refractivity contribution in [2.24, 2.45) is 0 Å². The van der Waals surface area contributed by atoms with Gasteiger partial charge in [0.05, 0.1) is 16.1 Å². The number of carboxylic acids is 1. The van der Waals surface area contributed by atoms with Gasteiger partial charge in [-0.05, 0) is 18.2 Å². The van der Waals surface area contributed by atoms with Gasteiger partial charge in [0, 0.05) is 17.1 Å². The van der Waals surface area contributed by atoms with Crippen molar-refractivity contribution in [1.82, 2.24) is 0 Å². The topological polar surface area (TPSA) is 110 Å². The van der Waals surface area contributed by atoms with Crippen molar-refractivity contribution in [2.45, 2.75) is 0 Å². The molecule has 2 N–H and O–H groups in total. The molecule has 1 amide bonds. The number of nitrogens with zero attached hydrogens (tertiary/aromatic N) is 1. The molecule has 1 heterocycles. The van der Waals surface area contributed by atoms with Crippen LogP contribution in [0.15, 0.2) is 29.6 Å². The van der Waals surface area contributed by atoms with E-state index in [-0.39, 0.29) is 16.3 Å². The van der Waals surface area contributed by atoms with Crippen molar-refractivity contribution in [2.75, 3.05) is 5.32 Å². The molecule has 9 heteroatoms. The monoisotopic (exact) mass is 310 g/mol. The average Bonchev–Trinajstić information content (AvgIpc) is 2.88. The van der Waals surface area contributed by atoms with Gasteiger partial charge >= 0.3 is 11.0 Å². The average molecular weight is 310 g/mol. The summed E-state index contributed by atoms with van der Waals surface area (Å²) in [6, 6.07) is 4.21. The second-order valence-corrected chi connectivity index (χ2v) is 4.77. The molecule has 0 bridgehead atoms. The first kappa shape index (κ1) is 14.6. The molecule has 0 spiro atoms. The van der Waals surface area contributed by atoms with Gasteiger partial charge in [-0.2, -0.15) is 0 Å². The lowest BCUT2D eigenvalue weighted by Gasteiger charge is -2.05. The number of carbonyl (C=O) groups excluding carboxylic acids is 1. The summed E-state index contributed by atoms with van der Waals surface area (Å²) >= 11 is 0.794. The van der Waals surface area contributed by atoms with Crippen LogP contribution in [0.25, 0.3) is 0 Å². The zero-order valence-electron chi connectivity index (χ0n) is 10.2. The van der Waals surface area contributed by atoms with Crippen LogP contribution in [-0.4, -0.2) is 21.9 Å². The molecule has 0 aliphatic carbocycles. The highest BCUT2D eigenvalue weighted by Gasteiger charge is 2.16. The zero-order valence-corrected chi connectivity index (χ0v) is 11.0. The molecule has 0 radical (unpaired) electrons. The second-order valence-electron chi connectivity index (χ2n) is 3.88. The molecule has 0 saturated carbocycles. The molecule has 2 aromatic rings. The number of carbonyl (C=O) groups is 2. The number of carboxylic acid groups (broad SMARTS) is 1. The van der Waals surface area contributed by atoms with Gasteiger partial charge in [-0.15, -0.1) is 0 Å². The summed E-state index contributed by atoms with van der Waals surface area (Å²) in [4.78, 5) is 32.4. The van der Waals surface area contributed by atoms with Gasteiger partial charge in [-0.1, -0.05) is 11.3 Å². The van der Waals surface area contributed by atoms with Gasteiger partial charge in [0.1, 0.15) is 5.82 Å². The standard InChI is InChI=1S/C12H7FN2O5S/c13-9-4-7(1-2-8(9)12(17)18)14-11(16)6-3-10(15(19)20)21-5-6/h1-5H,(H,14,16)(H,17,18). The van der Waals surface area contributed by atoms with E-state index in [1.807, 2.05) is 0 Å². The van der Waals surface area contributed by atoms with Gasteiger partial charge in [0.15, 0.2) is 0 Å². The predicted octanol–water partition coefficient (Wildman–Crippen LogP) is 2.75. The fourth-order valence-electron chi connectivity index (χ4n) is 1.51. The maximum atomic E-state index is 13.4. The number of hydrogen-bond donors (Lipinski definition) is 2. The van der Waals surface area contributed by atoms with Crippen molar-refractivity contribution in [3.63, 3.8) is 0 Å².